The standard InChI is InChI=1S/C24H21NO5/c1-16(27)20-8-5-9-21(14-20)25-23(28)22(18-6-3-2-4-7-18)30-24(29)19-12-10-17(15-26)11-13-19/h2-14,22,26H,15H2,1H3,(H,25,28)/t22-/m1/s1. The van der Waals surface area contributed by atoms with E-state index in [0.29, 0.717) is 22.4 Å². The summed E-state index contributed by atoms with van der Waals surface area (Å²) in [5, 5.41) is 11.8. The predicted octanol–water partition coefficient (Wildman–Crippen LogP) is 3.92. The summed E-state index contributed by atoms with van der Waals surface area (Å²) < 4.78 is 5.53. The highest BCUT2D eigenvalue weighted by molar-refractivity contribution is 6.00. The van der Waals surface area contributed by atoms with Crippen molar-refractivity contribution in [3.8, 4) is 0 Å². The molecule has 2 N–H and O–H groups in total. The van der Waals surface area contributed by atoms with Crippen LogP contribution in [0.4, 0.5) is 5.69 Å². The molecule has 0 bridgehead atoms. The first kappa shape index (κ1) is 21.0. The first-order valence-corrected chi connectivity index (χ1v) is 9.35. The average Bonchev–Trinajstić information content (AvgIpc) is 2.78. The van der Waals surface area contributed by atoms with Crippen LogP contribution in [0, 0.1) is 0 Å². The minimum absolute atomic E-state index is 0.122. The molecule has 0 heterocycles. The first-order valence-electron chi connectivity index (χ1n) is 9.35. The van der Waals surface area contributed by atoms with E-state index in [0.717, 1.165) is 0 Å². The van der Waals surface area contributed by atoms with Gasteiger partial charge in [0.2, 0.25) is 6.10 Å². The highest BCUT2D eigenvalue weighted by Gasteiger charge is 2.26. The zero-order chi connectivity index (χ0) is 21.5. The Morgan fingerprint density at radius 3 is 2.23 bits per heavy atom. The van der Waals surface area contributed by atoms with Gasteiger partial charge in [0.1, 0.15) is 0 Å². The fraction of sp³-hybridized carbons (Fsp3) is 0.125. The lowest BCUT2D eigenvalue weighted by Gasteiger charge is -2.18. The maximum Gasteiger partial charge on any atom is 0.339 e. The fourth-order valence-corrected chi connectivity index (χ4v) is 2.85. The summed E-state index contributed by atoms with van der Waals surface area (Å²) in [5.41, 5.74) is 2.33. The summed E-state index contributed by atoms with van der Waals surface area (Å²) in [6.45, 7) is 1.31. The predicted molar refractivity (Wildman–Crippen MR) is 112 cm³/mol. The zero-order valence-electron chi connectivity index (χ0n) is 16.4. The van der Waals surface area contributed by atoms with E-state index in [9.17, 15) is 14.4 Å². The van der Waals surface area contributed by atoms with Crippen LogP contribution in [0.1, 0.15) is 44.9 Å². The number of rotatable bonds is 7. The molecule has 3 rings (SSSR count). The van der Waals surface area contributed by atoms with Crippen LogP contribution >= 0.6 is 0 Å². The summed E-state index contributed by atoms with van der Waals surface area (Å²) in [7, 11) is 0. The Morgan fingerprint density at radius 1 is 0.900 bits per heavy atom. The molecule has 0 saturated carbocycles. The van der Waals surface area contributed by atoms with Gasteiger partial charge in [-0.05, 0) is 36.8 Å². The van der Waals surface area contributed by atoms with Gasteiger partial charge in [-0.2, -0.15) is 0 Å². The summed E-state index contributed by atoms with van der Waals surface area (Å²) in [6.07, 6.45) is -1.18. The summed E-state index contributed by atoms with van der Waals surface area (Å²) in [5.74, 6) is -1.33. The van der Waals surface area contributed by atoms with Gasteiger partial charge in [0.05, 0.1) is 12.2 Å². The van der Waals surface area contributed by atoms with Crippen LogP contribution in [0.2, 0.25) is 0 Å². The second-order valence-electron chi connectivity index (χ2n) is 6.68. The number of carbonyl (C=O) groups excluding carboxylic acids is 3. The number of benzene rings is 3. The third-order valence-electron chi connectivity index (χ3n) is 4.47. The van der Waals surface area contributed by atoms with E-state index in [1.54, 1.807) is 66.7 Å². The van der Waals surface area contributed by atoms with E-state index in [1.807, 2.05) is 0 Å². The molecular weight excluding hydrogens is 382 g/mol. The topological polar surface area (TPSA) is 92.7 Å². The molecule has 0 aliphatic carbocycles. The molecule has 1 amide bonds. The molecule has 3 aromatic rings. The molecule has 0 aromatic heterocycles. The molecule has 152 valence electrons. The first-order chi connectivity index (χ1) is 14.5. The largest absolute Gasteiger partial charge is 0.444 e. The van der Waals surface area contributed by atoms with Gasteiger partial charge in [-0.15, -0.1) is 0 Å². The number of esters is 1. The van der Waals surface area contributed by atoms with Gasteiger partial charge in [0.15, 0.2) is 5.78 Å². The number of anilines is 1. The Labute approximate surface area is 174 Å². The molecule has 6 nitrogen and oxygen atoms in total. The molecule has 0 unspecified atom stereocenters. The third kappa shape index (κ3) is 5.18. The Balaban J connectivity index is 1.83. The van der Waals surface area contributed by atoms with Gasteiger partial charge in [0.25, 0.3) is 5.91 Å². The van der Waals surface area contributed by atoms with E-state index < -0.39 is 18.0 Å². The van der Waals surface area contributed by atoms with Gasteiger partial charge >= 0.3 is 5.97 Å². The fourth-order valence-electron chi connectivity index (χ4n) is 2.85. The third-order valence-corrected chi connectivity index (χ3v) is 4.47. The van der Waals surface area contributed by atoms with Gasteiger partial charge < -0.3 is 15.2 Å². The van der Waals surface area contributed by atoms with Crippen molar-refractivity contribution in [1.29, 1.82) is 0 Å². The summed E-state index contributed by atoms with van der Waals surface area (Å²) in [6, 6.07) is 21.5. The molecule has 30 heavy (non-hydrogen) atoms. The molecule has 0 saturated heterocycles. The van der Waals surface area contributed by atoms with Gasteiger partial charge in [0, 0.05) is 16.8 Å². The Kier molecular flexibility index (Phi) is 6.72. The van der Waals surface area contributed by atoms with Crippen LogP contribution in [0.3, 0.4) is 0 Å². The molecule has 0 aliphatic heterocycles. The van der Waals surface area contributed by atoms with Crippen LogP contribution in [0.15, 0.2) is 78.9 Å². The number of nitrogens with one attached hydrogen (secondary N) is 1. The average molecular weight is 403 g/mol. The quantitative estimate of drug-likeness (QED) is 0.461. The van der Waals surface area contributed by atoms with E-state index in [1.165, 1.54) is 19.1 Å². The lowest BCUT2D eigenvalue weighted by molar-refractivity contribution is -0.125. The second-order valence-corrected chi connectivity index (χ2v) is 6.68. The number of carbonyl (C=O) groups is 3. The smallest absolute Gasteiger partial charge is 0.339 e. The maximum absolute atomic E-state index is 13.0. The molecular formula is C24H21NO5. The Bertz CT molecular complexity index is 1040. The van der Waals surface area contributed by atoms with Crippen molar-refractivity contribution in [2.75, 3.05) is 5.32 Å². The number of amides is 1. The molecule has 0 fully saturated rings. The molecule has 0 aliphatic rings. The number of hydrogen-bond acceptors (Lipinski definition) is 5. The lowest BCUT2D eigenvalue weighted by atomic mass is 10.1. The van der Waals surface area contributed by atoms with Crippen molar-refractivity contribution in [3.05, 3.63) is 101 Å². The number of ether oxygens (including phenoxy) is 1. The van der Waals surface area contributed by atoms with Crippen molar-refractivity contribution in [1.82, 2.24) is 0 Å². The van der Waals surface area contributed by atoms with Crippen molar-refractivity contribution in [2.45, 2.75) is 19.6 Å². The van der Waals surface area contributed by atoms with Crippen molar-refractivity contribution in [2.24, 2.45) is 0 Å². The van der Waals surface area contributed by atoms with Crippen LogP contribution in [0.5, 0.6) is 0 Å². The van der Waals surface area contributed by atoms with Crippen LogP contribution < -0.4 is 5.32 Å². The highest BCUT2D eigenvalue weighted by atomic mass is 16.5. The lowest BCUT2D eigenvalue weighted by Crippen LogP contribution is -2.26. The van der Waals surface area contributed by atoms with E-state index >= 15 is 0 Å². The molecule has 3 aromatic carbocycles. The van der Waals surface area contributed by atoms with Crippen LogP contribution in [0.25, 0.3) is 0 Å². The second kappa shape index (κ2) is 9.62. The normalized spacial score (nSPS) is 11.4. The van der Waals surface area contributed by atoms with E-state index in [4.69, 9.17) is 9.84 Å². The minimum Gasteiger partial charge on any atom is -0.444 e. The monoisotopic (exact) mass is 403 g/mol. The molecule has 1 atom stereocenters. The summed E-state index contributed by atoms with van der Waals surface area (Å²) >= 11 is 0. The van der Waals surface area contributed by atoms with Crippen LogP contribution in [-0.2, 0) is 16.1 Å². The number of aliphatic hydroxyl groups is 1. The van der Waals surface area contributed by atoms with E-state index in [-0.39, 0.29) is 18.0 Å². The molecule has 0 spiro atoms. The highest BCUT2D eigenvalue weighted by Crippen LogP contribution is 2.22. The molecule has 0 radical (unpaired) electrons. The zero-order valence-corrected chi connectivity index (χ0v) is 16.4. The number of ketones is 1. The Morgan fingerprint density at radius 2 is 1.60 bits per heavy atom. The number of hydrogen-bond donors (Lipinski definition) is 2. The van der Waals surface area contributed by atoms with E-state index in [2.05, 4.69) is 5.32 Å². The van der Waals surface area contributed by atoms with Crippen LogP contribution in [-0.4, -0.2) is 22.8 Å². The van der Waals surface area contributed by atoms with Crippen molar-refractivity contribution in [3.63, 3.8) is 0 Å². The van der Waals surface area contributed by atoms with Crippen molar-refractivity contribution >= 4 is 23.3 Å². The summed E-state index contributed by atoms with van der Waals surface area (Å²) in [4.78, 5) is 37.2. The minimum atomic E-state index is -1.18. The SMILES string of the molecule is CC(=O)c1cccc(NC(=O)[C@H](OC(=O)c2ccc(CO)cc2)c2ccccc2)c1. The van der Waals surface area contributed by atoms with Gasteiger partial charge in [-0.1, -0.05) is 54.6 Å². The maximum atomic E-state index is 13.0. The van der Waals surface area contributed by atoms with Crippen molar-refractivity contribution < 1.29 is 24.2 Å². The number of aliphatic hydroxyl groups excluding tert-OH is 1. The van der Waals surface area contributed by atoms with Gasteiger partial charge in [-0.3, -0.25) is 9.59 Å². The number of Topliss-reactive ketones (excluding diaryl/α,β-unsaturated/α-hetero) is 1. The molecule has 6 heteroatoms. The Hall–Kier alpha value is -3.77. The van der Waals surface area contributed by atoms with Gasteiger partial charge in [-0.25, -0.2) is 4.79 Å².